The average Bonchev–Trinajstić information content (AvgIpc) is 2.68. The molecule has 5 rings (SSSR count). The van der Waals surface area contributed by atoms with Crippen molar-refractivity contribution in [1.82, 2.24) is 9.80 Å². The maximum Gasteiger partial charge on any atom is 0.410 e. The normalized spacial score (nSPS) is 36.4. The number of fused-ring (bicyclic) bond motifs is 3. The summed E-state index contributed by atoms with van der Waals surface area (Å²) in [5.74, 6) is 1.46. The third-order valence-electron chi connectivity index (χ3n) is 7.27. The lowest BCUT2D eigenvalue weighted by Crippen LogP contribution is -2.59. The lowest BCUT2D eigenvalue weighted by atomic mass is 9.55. The Kier molecular flexibility index (Phi) is 4.65. The van der Waals surface area contributed by atoms with Crippen molar-refractivity contribution < 1.29 is 14.3 Å². The Morgan fingerprint density at radius 2 is 1.84 bits per heavy atom. The van der Waals surface area contributed by atoms with Crippen LogP contribution in [0, 0.1) is 17.3 Å². The van der Waals surface area contributed by atoms with E-state index in [2.05, 4.69) is 0 Å². The predicted molar refractivity (Wildman–Crippen MR) is 93.8 cm³/mol. The molecule has 25 heavy (non-hydrogen) atoms. The zero-order valence-corrected chi connectivity index (χ0v) is 15.1. The summed E-state index contributed by atoms with van der Waals surface area (Å²) in [6, 6.07) is 0.216. The fraction of sp³-hybridized carbons (Fsp3) is 0.895. The number of rotatable bonds is 3. The molecule has 2 amide bonds. The van der Waals surface area contributed by atoms with E-state index in [1.165, 1.54) is 25.7 Å². The number of nitrogens with two attached hydrogens (primary N) is 1. The van der Waals surface area contributed by atoms with Crippen LogP contribution in [0.2, 0.25) is 0 Å². The second-order valence-electron chi connectivity index (χ2n) is 8.47. The zero-order chi connectivity index (χ0) is 17.4. The van der Waals surface area contributed by atoms with Gasteiger partial charge in [0.25, 0.3) is 0 Å². The Morgan fingerprint density at radius 3 is 2.40 bits per heavy atom. The first-order valence-electron chi connectivity index (χ1n) is 10.1. The van der Waals surface area contributed by atoms with Gasteiger partial charge in [0.1, 0.15) is 0 Å². The first-order valence-corrected chi connectivity index (χ1v) is 10.1. The van der Waals surface area contributed by atoms with E-state index in [4.69, 9.17) is 10.5 Å². The summed E-state index contributed by atoms with van der Waals surface area (Å²) in [5, 5.41) is 0. The number of cyclic esters (lactones) is 1. The molecule has 2 aliphatic heterocycles. The SMILES string of the molecule is NCC1(C(=O)N2CCC(N3CCCOC3=O)CC2)CC2CCC1CC2. The molecule has 0 aromatic rings. The molecule has 3 saturated carbocycles. The minimum atomic E-state index is -0.307. The number of piperidine rings is 1. The quantitative estimate of drug-likeness (QED) is 0.845. The van der Waals surface area contributed by atoms with Gasteiger partial charge in [0.2, 0.25) is 5.91 Å². The zero-order valence-electron chi connectivity index (χ0n) is 15.1. The van der Waals surface area contributed by atoms with Gasteiger partial charge in [0, 0.05) is 32.2 Å². The van der Waals surface area contributed by atoms with E-state index in [0.29, 0.717) is 30.9 Å². The largest absolute Gasteiger partial charge is 0.449 e. The summed E-state index contributed by atoms with van der Waals surface area (Å²) in [7, 11) is 0. The molecular weight excluding hydrogens is 318 g/mol. The third-order valence-corrected chi connectivity index (χ3v) is 7.27. The molecule has 3 aliphatic carbocycles. The molecule has 0 radical (unpaired) electrons. The third kappa shape index (κ3) is 2.92. The fourth-order valence-electron chi connectivity index (χ4n) is 5.80. The topological polar surface area (TPSA) is 75.9 Å². The molecule has 1 unspecified atom stereocenters. The van der Waals surface area contributed by atoms with Crippen molar-refractivity contribution >= 4 is 12.0 Å². The highest BCUT2D eigenvalue weighted by Gasteiger charge is 2.53. The first kappa shape index (κ1) is 17.1. The van der Waals surface area contributed by atoms with Crippen LogP contribution in [0.4, 0.5) is 4.79 Å². The predicted octanol–water partition coefficient (Wildman–Crippen LogP) is 1.97. The highest BCUT2D eigenvalue weighted by Crippen LogP contribution is 2.53. The van der Waals surface area contributed by atoms with Gasteiger partial charge in [0.15, 0.2) is 0 Å². The van der Waals surface area contributed by atoms with Crippen LogP contribution in [0.15, 0.2) is 0 Å². The maximum absolute atomic E-state index is 13.4. The van der Waals surface area contributed by atoms with Crippen molar-refractivity contribution in [1.29, 1.82) is 0 Å². The molecule has 0 spiro atoms. The standard InChI is InChI=1S/C19H31N3O3/c20-13-19(12-14-2-4-15(19)5-3-14)17(23)21-9-6-16(7-10-21)22-8-1-11-25-18(22)24/h14-16H,1-13,20H2. The molecule has 2 heterocycles. The molecule has 2 saturated heterocycles. The number of hydrogen-bond donors (Lipinski definition) is 1. The summed E-state index contributed by atoms with van der Waals surface area (Å²) >= 11 is 0. The van der Waals surface area contributed by atoms with Crippen LogP contribution < -0.4 is 5.73 Å². The van der Waals surface area contributed by atoms with Crippen molar-refractivity contribution in [2.75, 3.05) is 32.8 Å². The summed E-state index contributed by atoms with van der Waals surface area (Å²) in [6.07, 6.45) is 8.32. The smallest absolute Gasteiger partial charge is 0.410 e. The first-order chi connectivity index (χ1) is 12.1. The second kappa shape index (κ2) is 6.78. The number of nitrogens with zero attached hydrogens (tertiary/aromatic N) is 2. The van der Waals surface area contributed by atoms with Crippen molar-refractivity contribution in [3.8, 4) is 0 Å². The number of likely N-dealkylation sites (tertiary alicyclic amines) is 1. The molecule has 0 aromatic carbocycles. The molecule has 140 valence electrons. The van der Waals surface area contributed by atoms with Crippen molar-refractivity contribution in [2.24, 2.45) is 23.0 Å². The minimum absolute atomic E-state index is 0.181. The van der Waals surface area contributed by atoms with Gasteiger partial charge < -0.3 is 20.3 Å². The van der Waals surface area contributed by atoms with Crippen LogP contribution in [0.25, 0.3) is 0 Å². The van der Waals surface area contributed by atoms with E-state index in [0.717, 1.165) is 45.3 Å². The van der Waals surface area contributed by atoms with Crippen LogP contribution in [0.3, 0.4) is 0 Å². The number of amides is 2. The number of carbonyl (C=O) groups excluding carboxylic acids is 2. The highest BCUT2D eigenvalue weighted by atomic mass is 16.6. The number of hydrogen-bond acceptors (Lipinski definition) is 4. The Hall–Kier alpha value is -1.30. The second-order valence-corrected chi connectivity index (χ2v) is 8.47. The van der Waals surface area contributed by atoms with E-state index in [1.54, 1.807) is 0 Å². The number of ether oxygens (including phenoxy) is 1. The van der Waals surface area contributed by atoms with Crippen LogP contribution in [-0.4, -0.2) is 60.6 Å². The van der Waals surface area contributed by atoms with Gasteiger partial charge in [-0.2, -0.15) is 0 Å². The molecule has 2 N–H and O–H groups in total. The average molecular weight is 349 g/mol. The van der Waals surface area contributed by atoms with Crippen LogP contribution in [0.5, 0.6) is 0 Å². The lowest BCUT2D eigenvalue weighted by molar-refractivity contribution is -0.154. The molecular formula is C19H31N3O3. The summed E-state index contributed by atoms with van der Waals surface area (Å²) < 4.78 is 5.17. The van der Waals surface area contributed by atoms with Crippen LogP contribution in [0.1, 0.15) is 51.4 Å². The molecule has 0 aromatic heterocycles. The maximum atomic E-state index is 13.4. The molecule has 2 bridgehead atoms. The van der Waals surface area contributed by atoms with E-state index < -0.39 is 0 Å². The molecule has 6 heteroatoms. The van der Waals surface area contributed by atoms with E-state index >= 15 is 0 Å². The van der Waals surface area contributed by atoms with E-state index in [-0.39, 0.29) is 17.6 Å². The van der Waals surface area contributed by atoms with E-state index in [1.807, 2.05) is 9.80 Å². The van der Waals surface area contributed by atoms with Gasteiger partial charge in [-0.05, 0) is 50.4 Å². The molecule has 1 atom stereocenters. The Balaban J connectivity index is 1.40. The Bertz CT molecular complexity index is 524. The summed E-state index contributed by atoms with van der Waals surface area (Å²) in [5.41, 5.74) is 5.87. The monoisotopic (exact) mass is 349 g/mol. The van der Waals surface area contributed by atoms with Gasteiger partial charge in [-0.25, -0.2) is 4.79 Å². The van der Waals surface area contributed by atoms with Gasteiger partial charge in [0.05, 0.1) is 12.0 Å². The van der Waals surface area contributed by atoms with Gasteiger partial charge >= 0.3 is 6.09 Å². The van der Waals surface area contributed by atoms with Gasteiger partial charge in [-0.15, -0.1) is 0 Å². The summed E-state index contributed by atoms with van der Waals surface area (Å²) in [6.45, 7) is 3.30. The highest BCUT2D eigenvalue weighted by molar-refractivity contribution is 5.84. The van der Waals surface area contributed by atoms with Gasteiger partial charge in [-0.3, -0.25) is 4.79 Å². The van der Waals surface area contributed by atoms with Gasteiger partial charge in [-0.1, -0.05) is 12.8 Å². The Labute approximate surface area is 150 Å². The van der Waals surface area contributed by atoms with Crippen LogP contribution >= 0.6 is 0 Å². The summed E-state index contributed by atoms with van der Waals surface area (Å²) in [4.78, 5) is 29.2. The molecule has 5 aliphatic rings. The minimum Gasteiger partial charge on any atom is -0.449 e. The fourth-order valence-corrected chi connectivity index (χ4v) is 5.80. The Morgan fingerprint density at radius 1 is 1.12 bits per heavy atom. The molecule has 5 fully saturated rings. The lowest BCUT2D eigenvalue weighted by Gasteiger charge is -2.52. The molecule has 6 nitrogen and oxygen atoms in total. The number of carbonyl (C=O) groups is 2. The van der Waals surface area contributed by atoms with Crippen molar-refractivity contribution in [2.45, 2.75) is 57.4 Å². The van der Waals surface area contributed by atoms with Crippen molar-refractivity contribution in [3.63, 3.8) is 0 Å². The van der Waals surface area contributed by atoms with Crippen molar-refractivity contribution in [3.05, 3.63) is 0 Å². The van der Waals surface area contributed by atoms with Crippen LogP contribution in [-0.2, 0) is 9.53 Å². The van der Waals surface area contributed by atoms with E-state index in [9.17, 15) is 9.59 Å².